The van der Waals surface area contributed by atoms with Gasteiger partial charge in [-0.25, -0.2) is 5.43 Å². The van der Waals surface area contributed by atoms with E-state index in [4.69, 9.17) is 0 Å². The molecule has 0 spiro atoms. The van der Waals surface area contributed by atoms with E-state index in [2.05, 4.69) is 15.8 Å². The first-order chi connectivity index (χ1) is 7.67. The first-order valence-electron chi connectivity index (χ1n) is 5.32. The van der Waals surface area contributed by atoms with Crippen LogP contribution in [0.25, 0.3) is 0 Å². The minimum atomic E-state index is -0.166. The van der Waals surface area contributed by atoms with Gasteiger partial charge in [0.25, 0.3) is 5.91 Å². The summed E-state index contributed by atoms with van der Waals surface area (Å²) < 4.78 is 0. The highest BCUT2D eigenvalue weighted by Gasteiger charge is 2.20. The van der Waals surface area contributed by atoms with Crippen LogP contribution in [0.15, 0.2) is 5.10 Å². The number of nitrogens with one attached hydrogen (secondary N) is 2. The van der Waals surface area contributed by atoms with Crippen molar-refractivity contribution in [3.8, 4) is 0 Å². The monoisotopic (exact) mass is 243 g/mol. The molecule has 0 aliphatic carbocycles. The fraction of sp³-hybridized carbons (Fsp3) is 0.700. The number of hydrazone groups is 1. The van der Waals surface area contributed by atoms with Gasteiger partial charge in [0.2, 0.25) is 5.91 Å². The summed E-state index contributed by atoms with van der Waals surface area (Å²) in [5.74, 6) is 0.593. The lowest BCUT2D eigenvalue weighted by molar-refractivity contribution is -0.121. The largest absolute Gasteiger partial charge is 0.347 e. The number of thioether (sulfide) groups is 1. The fourth-order valence-corrected chi connectivity index (χ4v) is 2.09. The zero-order valence-corrected chi connectivity index (χ0v) is 10.4. The molecule has 1 aliphatic rings. The van der Waals surface area contributed by atoms with Gasteiger partial charge in [0.1, 0.15) is 5.71 Å². The summed E-state index contributed by atoms with van der Waals surface area (Å²) in [5, 5.41) is 6.67. The second-order valence-corrected chi connectivity index (χ2v) is 4.54. The van der Waals surface area contributed by atoms with Crippen LogP contribution in [-0.2, 0) is 9.59 Å². The first kappa shape index (κ1) is 13.0. The first-order valence-corrected chi connectivity index (χ1v) is 6.72. The van der Waals surface area contributed by atoms with Crippen molar-refractivity contribution in [2.75, 3.05) is 12.0 Å². The predicted octanol–water partition coefficient (Wildman–Crippen LogP) is 0.510. The molecule has 1 unspecified atom stereocenters. The standard InChI is InChI=1S/C10H17N3O2S/c1-3-7(6-16-2)11-10(15)8-4-5-9(14)13-12-8/h7H,3-6H2,1-2H3,(H,11,15)(H,13,14). The highest BCUT2D eigenvalue weighted by atomic mass is 32.2. The Morgan fingerprint density at radius 1 is 1.62 bits per heavy atom. The molecule has 0 radical (unpaired) electrons. The van der Waals surface area contributed by atoms with E-state index < -0.39 is 0 Å². The highest BCUT2D eigenvalue weighted by Crippen LogP contribution is 2.04. The van der Waals surface area contributed by atoms with Crippen LogP contribution in [0.3, 0.4) is 0 Å². The van der Waals surface area contributed by atoms with Crippen molar-refractivity contribution >= 4 is 29.3 Å². The average molecular weight is 243 g/mol. The van der Waals surface area contributed by atoms with Gasteiger partial charge in [0.05, 0.1) is 0 Å². The van der Waals surface area contributed by atoms with E-state index in [1.165, 1.54) is 0 Å². The third kappa shape index (κ3) is 3.84. The number of nitrogens with zero attached hydrogens (tertiary/aromatic N) is 1. The molecule has 0 aromatic carbocycles. The maximum Gasteiger partial charge on any atom is 0.267 e. The van der Waals surface area contributed by atoms with E-state index in [0.29, 0.717) is 18.6 Å². The molecule has 0 fully saturated rings. The van der Waals surface area contributed by atoms with Crippen molar-refractivity contribution in [2.45, 2.75) is 32.2 Å². The van der Waals surface area contributed by atoms with Crippen LogP contribution in [0.2, 0.25) is 0 Å². The molecule has 16 heavy (non-hydrogen) atoms. The SMILES string of the molecule is CCC(CSC)NC(=O)C1=NNC(=O)CC1. The van der Waals surface area contributed by atoms with Crippen molar-refractivity contribution in [1.29, 1.82) is 0 Å². The number of carbonyl (C=O) groups is 2. The molecule has 1 atom stereocenters. The molecule has 0 aromatic heterocycles. The zero-order chi connectivity index (χ0) is 12.0. The second kappa shape index (κ2) is 6.52. The van der Waals surface area contributed by atoms with E-state index in [0.717, 1.165) is 12.2 Å². The zero-order valence-electron chi connectivity index (χ0n) is 9.58. The van der Waals surface area contributed by atoms with Gasteiger partial charge >= 0.3 is 0 Å². The van der Waals surface area contributed by atoms with Gasteiger partial charge in [0.15, 0.2) is 0 Å². The van der Waals surface area contributed by atoms with Crippen LogP contribution >= 0.6 is 11.8 Å². The Morgan fingerprint density at radius 2 is 2.38 bits per heavy atom. The number of amides is 2. The Kier molecular flexibility index (Phi) is 5.31. The van der Waals surface area contributed by atoms with Crippen LogP contribution in [-0.4, -0.2) is 35.6 Å². The Balaban J connectivity index is 2.48. The summed E-state index contributed by atoms with van der Waals surface area (Å²) in [6, 6.07) is 0.169. The molecule has 1 heterocycles. The third-order valence-electron chi connectivity index (χ3n) is 2.36. The quantitative estimate of drug-likeness (QED) is 0.739. The molecule has 0 saturated heterocycles. The minimum Gasteiger partial charge on any atom is -0.347 e. The van der Waals surface area contributed by atoms with Gasteiger partial charge in [-0.3, -0.25) is 9.59 Å². The molecule has 0 bridgehead atoms. The molecule has 2 amide bonds. The van der Waals surface area contributed by atoms with E-state index in [9.17, 15) is 9.59 Å². The minimum absolute atomic E-state index is 0.132. The molecule has 0 saturated carbocycles. The van der Waals surface area contributed by atoms with Crippen molar-refractivity contribution in [2.24, 2.45) is 5.10 Å². The van der Waals surface area contributed by atoms with Crippen LogP contribution in [0.4, 0.5) is 0 Å². The molecule has 1 aliphatic heterocycles. The average Bonchev–Trinajstić information content (AvgIpc) is 2.29. The molecule has 2 N–H and O–H groups in total. The smallest absolute Gasteiger partial charge is 0.267 e. The van der Waals surface area contributed by atoms with Gasteiger partial charge in [-0.05, 0) is 12.7 Å². The van der Waals surface area contributed by atoms with E-state index in [-0.39, 0.29) is 17.9 Å². The van der Waals surface area contributed by atoms with Crippen LogP contribution in [0.5, 0.6) is 0 Å². The van der Waals surface area contributed by atoms with Crippen LogP contribution < -0.4 is 10.7 Å². The summed E-state index contributed by atoms with van der Waals surface area (Å²) in [7, 11) is 0. The molecular weight excluding hydrogens is 226 g/mol. The van der Waals surface area contributed by atoms with E-state index in [1.807, 2.05) is 13.2 Å². The number of hydrogen-bond donors (Lipinski definition) is 2. The second-order valence-electron chi connectivity index (χ2n) is 3.63. The Morgan fingerprint density at radius 3 is 2.88 bits per heavy atom. The van der Waals surface area contributed by atoms with Gasteiger partial charge < -0.3 is 5.32 Å². The summed E-state index contributed by atoms with van der Waals surface area (Å²) in [6.45, 7) is 2.03. The number of carbonyl (C=O) groups excluding carboxylic acids is 2. The van der Waals surface area contributed by atoms with Gasteiger partial charge in [0, 0.05) is 24.6 Å². The normalized spacial score (nSPS) is 17.4. The summed E-state index contributed by atoms with van der Waals surface area (Å²) in [5.41, 5.74) is 2.74. The molecule has 1 rings (SSSR count). The van der Waals surface area contributed by atoms with Gasteiger partial charge in [-0.2, -0.15) is 16.9 Å². The molecule has 90 valence electrons. The molecule has 5 nitrogen and oxygen atoms in total. The van der Waals surface area contributed by atoms with Crippen LogP contribution in [0.1, 0.15) is 26.2 Å². The predicted molar refractivity (Wildman–Crippen MR) is 65.4 cm³/mol. The maximum atomic E-state index is 11.7. The lowest BCUT2D eigenvalue weighted by atomic mass is 10.1. The highest BCUT2D eigenvalue weighted by molar-refractivity contribution is 7.98. The summed E-state index contributed by atoms with van der Waals surface area (Å²) in [6.07, 6.45) is 3.67. The fourth-order valence-electron chi connectivity index (χ4n) is 1.37. The molecule has 0 aromatic rings. The summed E-state index contributed by atoms with van der Waals surface area (Å²) in [4.78, 5) is 22.6. The van der Waals surface area contributed by atoms with E-state index >= 15 is 0 Å². The van der Waals surface area contributed by atoms with Crippen molar-refractivity contribution in [3.05, 3.63) is 0 Å². The lowest BCUT2D eigenvalue weighted by Gasteiger charge is -2.17. The third-order valence-corrected chi connectivity index (χ3v) is 3.10. The maximum absolute atomic E-state index is 11.7. The van der Waals surface area contributed by atoms with Gasteiger partial charge in [-0.1, -0.05) is 6.92 Å². The lowest BCUT2D eigenvalue weighted by Crippen LogP contribution is -2.42. The van der Waals surface area contributed by atoms with Crippen molar-refractivity contribution in [3.63, 3.8) is 0 Å². The Bertz CT molecular complexity index is 304. The summed E-state index contributed by atoms with van der Waals surface area (Å²) >= 11 is 1.70. The molecule has 6 heteroatoms. The van der Waals surface area contributed by atoms with Crippen molar-refractivity contribution < 1.29 is 9.59 Å². The molecular formula is C10H17N3O2S. The van der Waals surface area contributed by atoms with Crippen molar-refractivity contribution in [1.82, 2.24) is 10.7 Å². The Hall–Kier alpha value is -1.04. The number of rotatable bonds is 5. The van der Waals surface area contributed by atoms with Gasteiger partial charge in [-0.15, -0.1) is 0 Å². The van der Waals surface area contributed by atoms with E-state index in [1.54, 1.807) is 11.8 Å². The number of hydrogen-bond acceptors (Lipinski definition) is 4. The topological polar surface area (TPSA) is 70.6 Å². The Labute approximate surface area is 99.4 Å². The van der Waals surface area contributed by atoms with Crippen LogP contribution in [0, 0.1) is 0 Å².